The standard InChI is InChI=1S/C42H26O/c1-2-12-27(13-3-1)29-15-10-16-30(26-29)39-32-18-6-8-20-34(32)40(35-21-9-7-19-33(35)39)36-22-11-23-38-41(36)37-25-24-28-14-4-5-17-31(28)42(37)43-38/h1-26H. The molecule has 0 spiro atoms. The van der Waals surface area contributed by atoms with E-state index in [-0.39, 0.29) is 0 Å². The zero-order valence-corrected chi connectivity index (χ0v) is 23.4. The molecule has 1 heterocycles. The molecule has 0 fully saturated rings. The Morgan fingerprint density at radius 3 is 1.67 bits per heavy atom. The van der Waals surface area contributed by atoms with Gasteiger partial charge in [-0.25, -0.2) is 0 Å². The topological polar surface area (TPSA) is 13.1 Å². The summed E-state index contributed by atoms with van der Waals surface area (Å²) in [6, 6.07) is 56.7. The molecule has 0 aliphatic rings. The molecular formula is C42H26O. The third-order valence-electron chi connectivity index (χ3n) is 8.85. The first-order valence-corrected chi connectivity index (χ1v) is 14.8. The fourth-order valence-electron chi connectivity index (χ4n) is 6.98. The molecular weight excluding hydrogens is 520 g/mol. The van der Waals surface area contributed by atoms with Gasteiger partial charge in [-0.15, -0.1) is 0 Å². The molecule has 0 N–H and O–H groups in total. The maximum Gasteiger partial charge on any atom is 0.143 e. The minimum absolute atomic E-state index is 0.914. The fourth-order valence-corrected chi connectivity index (χ4v) is 6.98. The van der Waals surface area contributed by atoms with E-state index in [0.717, 1.165) is 27.3 Å². The maximum absolute atomic E-state index is 6.60. The van der Waals surface area contributed by atoms with Gasteiger partial charge in [0.15, 0.2) is 0 Å². The summed E-state index contributed by atoms with van der Waals surface area (Å²) in [7, 11) is 0. The Bertz CT molecular complexity index is 2440. The minimum Gasteiger partial charge on any atom is -0.455 e. The molecule has 43 heavy (non-hydrogen) atoms. The predicted molar refractivity (Wildman–Crippen MR) is 183 cm³/mol. The smallest absolute Gasteiger partial charge is 0.143 e. The average molecular weight is 547 g/mol. The molecule has 1 heteroatoms. The van der Waals surface area contributed by atoms with Gasteiger partial charge in [0.1, 0.15) is 11.2 Å². The van der Waals surface area contributed by atoms with Gasteiger partial charge in [0, 0.05) is 16.2 Å². The van der Waals surface area contributed by atoms with Gasteiger partial charge in [0.2, 0.25) is 0 Å². The zero-order chi connectivity index (χ0) is 28.3. The van der Waals surface area contributed by atoms with Gasteiger partial charge in [-0.3, -0.25) is 0 Å². The summed E-state index contributed by atoms with van der Waals surface area (Å²) in [6.07, 6.45) is 0. The van der Waals surface area contributed by atoms with Crippen molar-refractivity contribution >= 4 is 54.3 Å². The molecule has 1 nitrogen and oxygen atoms in total. The third kappa shape index (κ3) is 3.65. The lowest BCUT2D eigenvalue weighted by Crippen LogP contribution is -1.91. The van der Waals surface area contributed by atoms with Gasteiger partial charge >= 0.3 is 0 Å². The maximum atomic E-state index is 6.60. The van der Waals surface area contributed by atoms with E-state index in [2.05, 4.69) is 158 Å². The van der Waals surface area contributed by atoms with Crippen LogP contribution in [0.3, 0.4) is 0 Å². The number of rotatable bonds is 3. The number of hydrogen-bond acceptors (Lipinski definition) is 1. The van der Waals surface area contributed by atoms with Crippen molar-refractivity contribution in [3.8, 4) is 33.4 Å². The van der Waals surface area contributed by atoms with E-state index in [0.29, 0.717) is 0 Å². The molecule has 200 valence electrons. The van der Waals surface area contributed by atoms with E-state index in [4.69, 9.17) is 4.42 Å². The highest BCUT2D eigenvalue weighted by atomic mass is 16.3. The van der Waals surface area contributed by atoms with Crippen molar-refractivity contribution in [1.29, 1.82) is 0 Å². The third-order valence-corrected chi connectivity index (χ3v) is 8.85. The molecule has 0 amide bonds. The lowest BCUT2D eigenvalue weighted by atomic mass is 9.84. The number of furan rings is 1. The molecule has 0 aliphatic heterocycles. The molecule has 9 aromatic rings. The summed E-state index contributed by atoms with van der Waals surface area (Å²) < 4.78 is 6.60. The lowest BCUT2D eigenvalue weighted by molar-refractivity contribution is 0.673. The van der Waals surface area contributed by atoms with E-state index < -0.39 is 0 Å². The van der Waals surface area contributed by atoms with E-state index in [1.54, 1.807) is 0 Å². The van der Waals surface area contributed by atoms with Gasteiger partial charge in [-0.05, 0) is 78.5 Å². The monoisotopic (exact) mass is 546 g/mol. The summed E-state index contributed by atoms with van der Waals surface area (Å²) in [6.45, 7) is 0. The zero-order valence-electron chi connectivity index (χ0n) is 23.4. The summed E-state index contributed by atoms with van der Waals surface area (Å²) in [5, 5.41) is 9.62. The van der Waals surface area contributed by atoms with Crippen LogP contribution in [0.15, 0.2) is 162 Å². The van der Waals surface area contributed by atoms with Gasteiger partial charge in [-0.2, -0.15) is 0 Å². The van der Waals surface area contributed by atoms with Gasteiger partial charge in [-0.1, -0.05) is 140 Å². The van der Waals surface area contributed by atoms with Crippen molar-refractivity contribution < 1.29 is 4.42 Å². The highest BCUT2D eigenvalue weighted by Crippen LogP contribution is 2.47. The summed E-state index contributed by atoms with van der Waals surface area (Å²) in [5.74, 6) is 0. The van der Waals surface area contributed by atoms with Crippen LogP contribution in [0, 0.1) is 0 Å². The second-order valence-corrected chi connectivity index (χ2v) is 11.2. The van der Waals surface area contributed by atoms with Crippen LogP contribution in [0.1, 0.15) is 0 Å². The first-order chi connectivity index (χ1) is 21.3. The Hall–Kier alpha value is -5.66. The molecule has 1 aromatic heterocycles. The highest BCUT2D eigenvalue weighted by molar-refractivity contribution is 6.27. The van der Waals surface area contributed by atoms with Crippen LogP contribution in [-0.4, -0.2) is 0 Å². The van der Waals surface area contributed by atoms with E-state index in [1.165, 1.54) is 60.3 Å². The Kier molecular flexibility index (Phi) is 5.27. The second-order valence-electron chi connectivity index (χ2n) is 11.2. The van der Waals surface area contributed by atoms with Crippen LogP contribution in [0.4, 0.5) is 0 Å². The summed E-state index contributed by atoms with van der Waals surface area (Å²) >= 11 is 0. The molecule has 0 atom stereocenters. The Morgan fingerprint density at radius 2 is 0.930 bits per heavy atom. The highest BCUT2D eigenvalue weighted by Gasteiger charge is 2.20. The van der Waals surface area contributed by atoms with Gasteiger partial charge in [0.25, 0.3) is 0 Å². The van der Waals surface area contributed by atoms with Crippen LogP contribution in [0.25, 0.3) is 87.6 Å². The SMILES string of the molecule is c1ccc(-c2cccc(-c3c4ccccc4c(-c4cccc5oc6c7ccccc7ccc6c45)c4ccccc34)c2)cc1. The van der Waals surface area contributed by atoms with E-state index in [1.807, 2.05) is 0 Å². The summed E-state index contributed by atoms with van der Waals surface area (Å²) in [5.41, 5.74) is 9.24. The fraction of sp³-hybridized carbons (Fsp3) is 0. The Balaban J connectivity index is 1.39. The van der Waals surface area contributed by atoms with Crippen molar-refractivity contribution in [2.24, 2.45) is 0 Å². The van der Waals surface area contributed by atoms with Crippen molar-refractivity contribution in [2.75, 3.05) is 0 Å². The second kappa shape index (κ2) is 9.44. The van der Waals surface area contributed by atoms with Gasteiger partial charge in [0.05, 0.1) is 0 Å². The predicted octanol–water partition coefficient (Wildman–Crippen LogP) is 12.0. The molecule has 0 radical (unpaired) electrons. The average Bonchev–Trinajstić information content (AvgIpc) is 3.47. The first-order valence-electron chi connectivity index (χ1n) is 14.8. The van der Waals surface area contributed by atoms with Crippen LogP contribution in [0.5, 0.6) is 0 Å². The Morgan fingerprint density at radius 1 is 0.349 bits per heavy atom. The number of hydrogen-bond donors (Lipinski definition) is 0. The van der Waals surface area contributed by atoms with Crippen LogP contribution < -0.4 is 0 Å². The normalized spacial score (nSPS) is 11.7. The molecule has 0 saturated carbocycles. The molecule has 0 unspecified atom stereocenters. The van der Waals surface area contributed by atoms with Gasteiger partial charge < -0.3 is 4.42 Å². The van der Waals surface area contributed by atoms with Crippen LogP contribution in [-0.2, 0) is 0 Å². The van der Waals surface area contributed by atoms with E-state index >= 15 is 0 Å². The molecule has 8 aromatic carbocycles. The van der Waals surface area contributed by atoms with Crippen molar-refractivity contribution in [3.63, 3.8) is 0 Å². The van der Waals surface area contributed by atoms with Crippen LogP contribution >= 0.6 is 0 Å². The summed E-state index contributed by atoms with van der Waals surface area (Å²) in [4.78, 5) is 0. The van der Waals surface area contributed by atoms with E-state index in [9.17, 15) is 0 Å². The van der Waals surface area contributed by atoms with Crippen LogP contribution in [0.2, 0.25) is 0 Å². The lowest BCUT2D eigenvalue weighted by Gasteiger charge is -2.18. The first kappa shape index (κ1) is 24.0. The molecule has 0 aliphatic carbocycles. The Labute approximate surface area is 249 Å². The molecule has 0 bridgehead atoms. The largest absolute Gasteiger partial charge is 0.455 e. The van der Waals surface area contributed by atoms with Crippen molar-refractivity contribution in [3.05, 3.63) is 158 Å². The minimum atomic E-state index is 0.914. The van der Waals surface area contributed by atoms with Crippen molar-refractivity contribution in [1.82, 2.24) is 0 Å². The van der Waals surface area contributed by atoms with Crippen molar-refractivity contribution in [2.45, 2.75) is 0 Å². The molecule has 0 saturated heterocycles. The number of benzene rings is 8. The number of fused-ring (bicyclic) bond motifs is 7. The molecule has 9 rings (SSSR count). The quantitative estimate of drug-likeness (QED) is 0.201.